The van der Waals surface area contributed by atoms with Gasteiger partial charge in [-0.1, -0.05) is 6.07 Å². The second-order valence-electron chi connectivity index (χ2n) is 7.54. The van der Waals surface area contributed by atoms with Crippen molar-refractivity contribution in [1.29, 1.82) is 0 Å². The molecule has 0 aliphatic carbocycles. The number of carbonyl (C=O) groups excluding carboxylic acids is 2. The minimum absolute atomic E-state index is 0.109. The number of halogens is 1. The van der Waals surface area contributed by atoms with E-state index < -0.39 is 23.4 Å². The lowest BCUT2D eigenvalue weighted by Crippen LogP contribution is -2.27. The number of ether oxygens (including phenoxy) is 3. The Morgan fingerprint density at radius 2 is 1.73 bits per heavy atom. The summed E-state index contributed by atoms with van der Waals surface area (Å²) in [6.07, 6.45) is 2.18. The molecule has 0 fully saturated rings. The van der Waals surface area contributed by atoms with Crippen LogP contribution < -0.4 is 20.1 Å². The third kappa shape index (κ3) is 5.97. The van der Waals surface area contributed by atoms with Gasteiger partial charge in [0.1, 0.15) is 24.6 Å². The number of amides is 2. The molecule has 2 N–H and O–H groups in total. The summed E-state index contributed by atoms with van der Waals surface area (Å²) in [7, 11) is 0. The lowest BCUT2D eigenvalue weighted by atomic mass is 10.1. The summed E-state index contributed by atoms with van der Waals surface area (Å²) in [6.45, 7) is 6.14. The summed E-state index contributed by atoms with van der Waals surface area (Å²) in [4.78, 5) is 24.3. The van der Waals surface area contributed by atoms with E-state index in [2.05, 4.69) is 10.6 Å². The van der Waals surface area contributed by atoms with Crippen LogP contribution in [0.4, 0.5) is 20.6 Å². The fourth-order valence-electron chi connectivity index (χ4n) is 2.65. The van der Waals surface area contributed by atoms with E-state index in [0.717, 1.165) is 11.6 Å². The third-order valence-corrected chi connectivity index (χ3v) is 3.87. The molecule has 0 bridgehead atoms. The zero-order valence-electron chi connectivity index (χ0n) is 17.0. The molecule has 3 rings (SSSR count). The molecule has 1 aliphatic heterocycles. The second-order valence-corrected chi connectivity index (χ2v) is 7.54. The van der Waals surface area contributed by atoms with Crippen LogP contribution in [0.2, 0.25) is 0 Å². The molecule has 2 aromatic rings. The third-order valence-electron chi connectivity index (χ3n) is 3.87. The van der Waals surface area contributed by atoms with Crippen LogP contribution in [-0.2, 0) is 9.53 Å². The molecular formula is C22H23FN2O5. The molecule has 158 valence electrons. The molecule has 2 aromatic carbocycles. The van der Waals surface area contributed by atoms with Gasteiger partial charge in [0.2, 0.25) is 5.91 Å². The number of hydrogen-bond donors (Lipinski definition) is 2. The van der Waals surface area contributed by atoms with Crippen molar-refractivity contribution in [3.63, 3.8) is 0 Å². The molecule has 0 spiro atoms. The Hall–Kier alpha value is -3.55. The van der Waals surface area contributed by atoms with Crippen molar-refractivity contribution in [3.05, 3.63) is 53.9 Å². The Kier molecular flexibility index (Phi) is 6.25. The van der Waals surface area contributed by atoms with Gasteiger partial charge >= 0.3 is 6.09 Å². The predicted molar refractivity (Wildman–Crippen MR) is 111 cm³/mol. The monoisotopic (exact) mass is 414 g/mol. The molecule has 0 aromatic heterocycles. The van der Waals surface area contributed by atoms with Crippen molar-refractivity contribution < 1.29 is 28.2 Å². The van der Waals surface area contributed by atoms with Crippen LogP contribution in [0.5, 0.6) is 11.5 Å². The fourth-order valence-corrected chi connectivity index (χ4v) is 2.65. The van der Waals surface area contributed by atoms with Crippen LogP contribution in [0.3, 0.4) is 0 Å². The number of rotatable bonds is 4. The molecule has 8 heteroatoms. The molecule has 0 saturated carbocycles. The first-order chi connectivity index (χ1) is 14.2. The fraction of sp³-hybridized carbons (Fsp3) is 0.273. The summed E-state index contributed by atoms with van der Waals surface area (Å²) in [5.74, 6) is 0.205. The Morgan fingerprint density at radius 1 is 1.00 bits per heavy atom. The lowest BCUT2D eigenvalue weighted by Gasteiger charge is -2.20. The van der Waals surface area contributed by atoms with Crippen LogP contribution in [0.25, 0.3) is 6.08 Å². The second kappa shape index (κ2) is 8.86. The summed E-state index contributed by atoms with van der Waals surface area (Å²) in [6, 6.07) is 8.95. The topological polar surface area (TPSA) is 85.9 Å². The molecule has 2 amide bonds. The normalized spacial score (nSPS) is 13.1. The van der Waals surface area contributed by atoms with Crippen molar-refractivity contribution in [3.8, 4) is 11.5 Å². The van der Waals surface area contributed by atoms with Gasteiger partial charge in [0.25, 0.3) is 0 Å². The minimum Gasteiger partial charge on any atom is -0.486 e. The average molecular weight is 414 g/mol. The number of hydrogen-bond acceptors (Lipinski definition) is 5. The van der Waals surface area contributed by atoms with Crippen LogP contribution in [0.15, 0.2) is 42.5 Å². The van der Waals surface area contributed by atoms with Gasteiger partial charge in [-0.15, -0.1) is 0 Å². The van der Waals surface area contributed by atoms with Gasteiger partial charge in [-0.2, -0.15) is 0 Å². The van der Waals surface area contributed by atoms with E-state index in [0.29, 0.717) is 24.7 Å². The number of carbonyl (C=O) groups is 2. The van der Waals surface area contributed by atoms with E-state index in [9.17, 15) is 14.0 Å². The summed E-state index contributed by atoms with van der Waals surface area (Å²) in [5.41, 5.74) is 0.366. The average Bonchev–Trinajstić information content (AvgIpc) is 2.67. The molecular weight excluding hydrogens is 391 g/mol. The molecule has 30 heavy (non-hydrogen) atoms. The van der Waals surface area contributed by atoms with Crippen LogP contribution in [0, 0.1) is 5.82 Å². The van der Waals surface area contributed by atoms with Gasteiger partial charge in [0, 0.05) is 6.08 Å². The van der Waals surface area contributed by atoms with Gasteiger partial charge in [0.15, 0.2) is 11.5 Å². The van der Waals surface area contributed by atoms with E-state index in [1.807, 2.05) is 0 Å². The van der Waals surface area contributed by atoms with Crippen LogP contribution in [-0.4, -0.2) is 30.8 Å². The van der Waals surface area contributed by atoms with E-state index >= 15 is 0 Å². The Balaban J connectivity index is 1.69. The van der Waals surface area contributed by atoms with Crippen LogP contribution in [0.1, 0.15) is 26.3 Å². The molecule has 7 nitrogen and oxygen atoms in total. The van der Waals surface area contributed by atoms with Gasteiger partial charge < -0.3 is 19.5 Å². The minimum atomic E-state index is -0.712. The van der Waals surface area contributed by atoms with Crippen molar-refractivity contribution in [2.24, 2.45) is 0 Å². The van der Waals surface area contributed by atoms with E-state index in [4.69, 9.17) is 14.2 Å². The highest BCUT2D eigenvalue weighted by Crippen LogP contribution is 2.31. The Labute approximate surface area is 173 Å². The molecule has 0 radical (unpaired) electrons. The van der Waals surface area contributed by atoms with E-state index in [1.165, 1.54) is 18.2 Å². The summed E-state index contributed by atoms with van der Waals surface area (Å²) >= 11 is 0. The molecule has 1 aliphatic rings. The maximum atomic E-state index is 13.7. The SMILES string of the molecule is CC(C)(C)OC(=O)Nc1ccc(F)cc1NC(=O)/C=C/c1ccc2c(c1)OCCO2. The summed E-state index contributed by atoms with van der Waals surface area (Å²) in [5, 5.41) is 5.07. The van der Waals surface area contributed by atoms with Gasteiger partial charge in [-0.3, -0.25) is 10.1 Å². The quantitative estimate of drug-likeness (QED) is 0.715. The molecule has 0 atom stereocenters. The zero-order chi connectivity index (χ0) is 21.7. The largest absolute Gasteiger partial charge is 0.486 e. The van der Waals surface area contributed by atoms with Crippen molar-refractivity contribution in [1.82, 2.24) is 0 Å². The number of anilines is 2. The van der Waals surface area contributed by atoms with Crippen LogP contribution >= 0.6 is 0 Å². The predicted octanol–water partition coefficient (Wildman–Crippen LogP) is 4.60. The number of benzene rings is 2. The van der Waals surface area contributed by atoms with E-state index in [1.54, 1.807) is 45.0 Å². The highest BCUT2D eigenvalue weighted by molar-refractivity contribution is 6.05. The first-order valence-corrected chi connectivity index (χ1v) is 9.38. The van der Waals surface area contributed by atoms with Crippen molar-refractivity contribution >= 4 is 29.5 Å². The maximum absolute atomic E-state index is 13.7. The summed E-state index contributed by atoms with van der Waals surface area (Å²) < 4.78 is 29.8. The number of nitrogens with one attached hydrogen (secondary N) is 2. The molecule has 0 unspecified atom stereocenters. The zero-order valence-corrected chi connectivity index (χ0v) is 17.0. The standard InChI is InChI=1S/C22H23FN2O5/c1-22(2,3)30-21(27)25-16-7-6-15(23)13-17(16)24-20(26)9-5-14-4-8-18-19(12-14)29-11-10-28-18/h4-9,12-13H,10-11H2,1-3H3,(H,24,26)(H,25,27)/b9-5+. The maximum Gasteiger partial charge on any atom is 0.412 e. The van der Waals surface area contributed by atoms with Gasteiger partial charge in [0.05, 0.1) is 11.4 Å². The highest BCUT2D eigenvalue weighted by atomic mass is 19.1. The first-order valence-electron chi connectivity index (χ1n) is 9.38. The molecule has 1 heterocycles. The van der Waals surface area contributed by atoms with Gasteiger partial charge in [-0.05, 0) is 62.7 Å². The van der Waals surface area contributed by atoms with Crippen molar-refractivity contribution in [2.45, 2.75) is 26.4 Å². The van der Waals surface area contributed by atoms with Gasteiger partial charge in [-0.25, -0.2) is 9.18 Å². The Morgan fingerprint density at radius 3 is 2.47 bits per heavy atom. The number of fused-ring (bicyclic) bond motifs is 1. The van der Waals surface area contributed by atoms with Crippen molar-refractivity contribution in [2.75, 3.05) is 23.8 Å². The lowest BCUT2D eigenvalue weighted by molar-refractivity contribution is -0.111. The van der Waals surface area contributed by atoms with E-state index in [-0.39, 0.29) is 11.4 Å². The Bertz CT molecular complexity index is 982. The smallest absolute Gasteiger partial charge is 0.412 e. The first kappa shape index (κ1) is 21.2. The molecule has 0 saturated heterocycles. The highest BCUT2D eigenvalue weighted by Gasteiger charge is 2.18.